The molecule has 170 valence electrons. The van der Waals surface area contributed by atoms with E-state index in [-0.39, 0.29) is 17.9 Å². The third-order valence-corrected chi connectivity index (χ3v) is 5.59. The molecule has 0 aromatic heterocycles. The van der Waals surface area contributed by atoms with Crippen LogP contribution in [0.1, 0.15) is 47.7 Å². The molecule has 32 heavy (non-hydrogen) atoms. The van der Waals surface area contributed by atoms with Crippen molar-refractivity contribution < 1.29 is 22.8 Å². The van der Waals surface area contributed by atoms with E-state index in [9.17, 15) is 22.8 Å². The average molecular weight is 444 g/mol. The number of alkyl halides is 3. The van der Waals surface area contributed by atoms with Crippen molar-refractivity contribution in [3.63, 3.8) is 0 Å². The molecule has 0 saturated carbocycles. The van der Waals surface area contributed by atoms with Gasteiger partial charge in [0.25, 0.3) is 5.91 Å². The number of amides is 2. The summed E-state index contributed by atoms with van der Waals surface area (Å²) in [6.45, 7) is 3.65. The SMILES string of the molecule is CCCN(C(=O)/C=C/c1cccc(C(F)(F)F)c1)C1CCN(C(=O)c2ccccc2)CC1. The van der Waals surface area contributed by atoms with Crippen LogP contribution in [0, 0.1) is 0 Å². The summed E-state index contributed by atoms with van der Waals surface area (Å²) >= 11 is 0. The van der Waals surface area contributed by atoms with Crippen LogP contribution < -0.4 is 0 Å². The molecule has 2 aromatic carbocycles. The lowest BCUT2D eigenvalue weighted by molar-refractivity contribution is -0.137. The maximum atomic E-state index is 12.9. The van der Waals surface area contributed by atoms with Gasteiger partial charge < -0.3 is 9.80 Å². The summed E-state index contributed by atoms with van der Waals surface area (Å²) in [7, 11) is 0. The Balaban J connectivity index is 1.63. The zero-order valence-electron chi connectivity index (χ0n) is 18.0. The van der Waals surface area contributed by atoms with Crippen molar-refractivity contribution in [2.45, 2.75) is 38.4 Å². The number of hydrogen-bond acceptors (Lipinski definition) is 2. The number of carbonyl (C=O) groups excluding carboxylic acids is 2. The summed E-state index contributed by atoms with van der Waals surface area (Å²) in [6, 6.07) is 14.0. The number of carbonyl (C=O) groups is 2. The number of benzene rings is 2. The van der Waals surface area contributed by atoms with E-state index in [0.717, 1.165) is 18.6 Å². The second-order valence-corrected chi connectivity index (χ2v) is 7.88. The normalized spacial score (nSPS) is 15.2. The molecular weight excluding hydrogens is 417 g/mol. The zero-order chi connectivity index (χ0) is 23.1. The molecule has 1 saturated heterocycles. The first-order valence-electron chi connectivity index (χ1n) is 10.8. The number of piperidine rings is 1. The molecule has 2 aromatic rings. The smallest absolute Gasteiger partial charge is 0.338 e. The van der Waals surface area contributed by atoms with Gasteiger partial charge in [0, 0.05) is 37.3 Å². The van der Waals surface area contributed by atoms with Crippen molar-refractivity contribution in [3.05, 3.63) is 77.4 Å². The van der Waals surface area contributed by atoms with Gasteiger partial charge >= 0.3 is 6.18 Å². The van der Waals surface area contributed by atoms with E-state index in [4.69, 9.17) is 0 Å². The predicted molar refractivity (Wildman–Crippen MR) is 118 cm³/mol. The van der Waals surface area contributed by atoms with Crippen LogP contribution in [0.3, 0.4) is 0 Å². The fourth-order valence-electron chi connectivity index (χ4n) is 3.94. The summed E-state index contributed by atoms with van der Waals surface area (Å²) in [5.74, 6) is -0.237. The Hall–Kier alpha value is -3.09. The lowest BCUT2D eigenvalue weighted by Crippen LogP contribution is -2.48. The molecular formula is C25H27F3N2O2. The van der Waals surface area contributed by atoms with E-state index in [2.05, 4.69) is 0 Å². The topological polar surface area (TPSA) is 40.6 Å². The molecule has 3 rings (SSSR count). The van der Waals surface area contributed by atoms with E-state index in [0.29, 0.717) is 43.6 Å². The quantitative estimate of drug-likeness (QED) is 0.570. The molecule has 0 unspecified atom stereocenters. The Labute approximate surface area is 186 Å². The highest BCUT2D eigenvalue weighted by Gasteiger charge is 2.31. The van der Waals surface area contributed by atoms with Gasteiger partial charge in [-0.25, -0.2) is 0 Å². The number of hydrogen-bond donors (Lipinski definition) is 0. The van der Waals surface area contributed by atoms with Crippen LogP contribution in [0.4, 0.5) is 13.2 Å². The van der Waals surface area contributed by atoms with Gasteiger partial charge in [-0.15, -0.1) is 0 Å². The van der Waals surface area contributed by atoms with Crippen molar-refractivity contribution in [2.24, 2.45) is 0 Å². The third kappa shape index (κ3) is 5.99. The van der Waals surface area contributed by atoms with E-state index in [1.807, 2.05) is 25.1 Å². The molecule has 0 N–H and O–H groups in total. The largest absolute Gasteiger partial charge is 0.416 e. The van der Waals surface area contributed by atoms with E-state index in [1.165, 1.54) is 24.3 Å². The van der Waals surface area contributed by atoms with Gasteiger partial charge in [0.2, 0.25) is 5.91 Å². The molecule has 4 nitrogen and oxygen atoms in total. The Morgan fingerprint density at radius 3 is 2.38 bits per heavy atom. The van der Waals surface area contributed by atoms with Crippen molar-refractivity contribution in [1.29, 1.82) is 0 Å². The van der Waals surface area contributed by atoms with Crippen LogP contribution in [-0.2, 0) is 11.0 Å². The second kappa shape index (κ2) is 10.5. The first-order valence-corrected chi connectivity index (χ1v) is 10.8. The van der Waals surface area contributed by atoms with Gasteiger partial charge in [-0.1, -0.05) is 37.3 Å². The summed E-state index contributed by atoms with van der Waals surface area (Å²) in [5, 5.41) is 0. The summed E-state index contributed by atoms with van der Waals surface area (Å²) in [5.41, 5.74) is 0.234. The highest BCUT2D eigenvalue weighted by atomic mass is 19.4. The molecule has 1 heterocycles. The fourth-order valence-corrected chi connectivity index (χ4v) is 3.94. The fraction of sp³-hybridized carbons (Fsp3) is 0.360. The summed E-state index contributed by atoms with van der Waals surface area (Å²) in [6.07, 6.45) is 0.448. The monoisotopic (exact) mass is 444 g/mol. The highest BCUT2D eigenvalue weighted by molar-refractivity contribution is 5.94. The van der Waals surface area contributed by atoms with Crippen LogP contribution >= 0.6 is 0 Å². The molecule has 0 spiro atoms. The van der Waals surface area contributed by atoms with Crippen LogP contribution in [0.15, 0.2) is 60.7 Å². The molecule has 1 aliphatic rings. The standard InChI is InChI=1S/C25H27F3N2O2/c1-2-15-30(23(31)12-11-19-7-6-10-21(18-19)25(26,27)28)22-13-16-29(17-14-22)24(32)20-8-4-3-5-9-20/h3-12,18,22H,2,13-17H2,1H3/b12-11+. The minimum atomic E-state index is -4.42. The minimum absolute atomic E-state index is 0.00608. The average Bonchev–Trinajstić information content (AvgIpc) is 2.81. The van der Waals surface area contributed by atoms with Crippen LogP contribution in [0.25, 0.3) is 6.08 Å². The third-order valence-electron chi connectivity index (χ3n) is 5.59. The van der Waals surface area contributed by atoms with Crippen molar-refractivity contribution in [2.75, 3.05) is 19.6 Å². The van der Waals surface area contributed by atoms with Crippen molar-refractivity contribution in [1.82, 2.24) is 9.80 Å². The zero-order valence-corrected chi connectivity index (χ0v) is 18.0. The maximum Gasteiger partial charge on any atom is 0.416 e. The lowest BCUT2D eigenvalue weighted by Gasteiger charge is -2.38. The van der Waals surface area contributed by atoms with Gasteiger partial charge in [0.1, 0.15) is 0 Å². The molecule has 0 radical (unpaired) electrons. The van der Waals surface area contributed by atoms with Crippen molar-refractivity contribution in [3.8, 4) is 0 Å². The summed E-state index contributed by atoms with van der Waals surface area (Å²) < 4.78 is 38.7. The van der Waals surface area contributed by atoms with Crippen LogP contribution in [0.5, 0.6) is 0 Å². The summed E-state index contributed by atoms with van der Waals surface area (Å²) in [4.78, 5) is 29.1. The Bertz CT molecular complexity index is 949. The number of likely N-dealkylation sites (tertiary alicyclic amines) is 1. The van der Waals surface area contributed by atoms with Crippen LogP contribution in [-0.4, -0.2) is 47.3 Å². The Morgan fingerprint density at radius 2 is 1.75 bits per heavy atom. The molecule has 1 fully saturated rings. The van der Waals surface area contributed by atoms with E-state index < -0.39 is 11.7 Å². The van der Waals surface area contributed by atoms with Crippen molar-refractivity contribution >= 4 is 17.9 Å². The number of nitrogens with zero attached hydrogens (tertiary/aromatic N) is 2. The molecule has 2 amide bonds. The highest BCUT2D eigenvalue weighted by Crippen LogP contribution is 2.29. The maximum absolute atomic E-state index is 12.9. The molecule has 0 bridgehead atoms. The minimum Gasteiger partial charge on any atom is -0.338 e. The molecule has 0 aliphatic carbocycles. The van der Waals surface area contributed by atoms with Gasteiger partial charge in [0.15, 0.2) is 0 Å². The molecule has 1 aliphatic heterocycles. The molecule has 7 heteroatoms. The van der Waals surface area contributed by atoms with E-state index in [1.54, 1.807) is 21.9 Å². The number of halogens is 3. The lowest BCUT2D eigenvalue weighted by atomic mass is 10.0. The van der Waals surface area contributed by atoms with Gasteiger partial charge in [-0.3, -0.25) is 9.59 Å². The first kappa shape index (κ1) is 23.6. The Morgan fingerprint density at radius 1 is 1.06 bits per heavy atom. The van der Waals surface area contributed by atoms with Gasteiger partial charge in [0.05, 0.1) is 5.56 Å². The predicted octanol–water partition coefficient (Wildman–Crippen LogP) is 5.26. The Kier molecular flexibility index (Phi) is 7.72. The molecule has 0 atom stereocenters. The van der Waals surface area contributed by atoms with E-state index >= 15 is 0 Å². The van der Waals surface area contributed by atoms with Crippen LogP contribution in [0.2, 0.25) is 0 Å². The number of rotatable bonds is 6. The van der Waals surface area contributed by atoms with Gasteiger partial charge in [-0.2, -0.15) is 13.2 Å². The first-order chi connectivity index (χ1) is 15.3. The second-order valence-electron chi connectivity index (χ2n) is 7.88. The van der Waals surface area contributed by atoms with Gasteiger partial charge in [-0.05, 0) is 55.2 Å².